The van der Waals surface area contributed by atoms with Gasteiger partial charge in [-0.05, 0) is 25.7 Å². The van der Waals surface area contributed by atoms with Crippen molar-refractivity contribution in [2.75, 3.05) is 5.73 Å². The number of aryl methyl sites for hydroxylation is 1. The summed E-state index contributed by atoms with van der Waals surface area (Å²) in [4.78, 5) is 9.08. The summed E-state index contributed by atoms with van der Waals surface area (Å²) in [6, 6.07) is 10.0. The third kappa shape index (κ3) is 1.88. The number of nitrogens with zero attached hydrogens (tertiary/aromatic N) is 2. The standard InChI is InChI=1S/C14H15N3/c15-13-11-8-4-5-9-12(11)16-14(17-13)10-6-2-1-3-7-10/h1-3,6-7H,4-5,8-9H2,(H2,15,16,17). The van der Waals surface area contributed by atoms with Gasteiger partial charge in [0.25, 0.3) is 0 Å². The second-order valence-corrected chi connectivity index (χ2v) is 4.43. The summed E-state index contributed by atoms with van der Waals surface area (Å²) in [5, 5.41) is 0. The zero-order chi connectivity index (χ0) is 11.7. The Hall–Kier alpha value is -1.90. The van der Waals surface area contributed by atoms with E-state index in [-0.39, 0.29) is 0 Å². The minimum Gasteiger partial charge on any atom is -0.383 e. The van der Waals surface area contributed by atoms with Crippen LogP contribution in [0.2, 0.25) is 0 Å². The first kappa shape index (κ1) is 10.3. The maximum absolute atomic E-state index is 6.03. The maximum Gasteiger partial charge on any atom is 0.161 e. The van der Waals surface area contributed by atoms with Crippen LogP contribution in [0.25, 0.3) is 11.4 Å². The van der Waals surface area contributed by atoms with E-state index in [1.165, 1.54) is 12.8 Å². The van der Waals surface area contributed by atoms with Crippen LogP contribution in [0.3, 0.4) is 0 Å². The van der Waals surface area contributed by atoms with Crippen LogP contribution < -0.4 is 5.73 Å². The summed E-state index contributed by atoms with van der Waals surface area (Å²) in [5.74, 6) is 1.41. The summed E-state index contributed by atoms with van der Waals surface area (Å²) in [7, 11) is 0. The van der Waals surface area contributed by atoms with Gasteiger partial charge in [-0.15, -0.1) is 0 Å². The highest BCUT2D eigenvalue weighted by atomic mass is 15.0. The number of hydrogen-bond acceptors (Lipinski definition) is 3. The first-order valence-electron chi connectivity index (χ1n) is 6.05. The van der Waals surface area contributed by atoms with Crippen molar-refractivity contribution in [2.45, 2.75) is 25.7 Å². The van der Waals surface area contributed by atoms with E-state index in [0.29, 0.717) is 5.82 Å². The molecule has 1 heterocycles. The SMILES string of the molecule is Nc1nc(-c2ccccc2)nc2c1CCCC2. The van der Waals surface area contributed by atoms with E-state index in [2.05, 4.69) is 9.97 Å². The van der Waals surface area contributed by atoms with Crippen LogP contribution in [-0.2, 0) is 12.8 Å². The molecular formula is C14H15N3. The van der Waals surface area contributed by atoms with E-state index in [9.17, 15) is 0 Å². The van der Waals surface area contributed by atoms with Gasteiger partial charge in [-0.25, -0.2) is 9.97 Å². The second-order valence-electron chi connectivity index (χ2n) is 4.43. The second kappa shape index (κ2) is 4.17. The van der Waals surface area contributed by atoms with Crippen LogP contribution in [0.15, 0.2) is 30.3 Å². The Kier molecular flexibility index (Phi) is 2.52. The van der Waals surface area contributed by atoms with E-state index in [0.717, 1.165) is 35.5 Å². The predicted molar refractivity (Wildman–Crippen MR) is 68.5 cm³/mol. The van der Waals surface area contributed by atoms with Gasteiger partial charge >= 0.3 is 0 Å². The van der Waals surface area contributed by atoms with Crippen molar-refractivity contribution in [1.82, 2.24) is 9.97 Å². The quantitative estimate of drug-likeness (QED) is 0.811. The third-order valence-electron chi connectivity index (χ3n) is 3.25. The minimum atomic E-state index is 0.661. The third-order valence-corrected chi connectivity index (χ3v) is 3.25. The predicted octanol–water partition coefficient (Wildman–Crippen LogP) is 2.60. The highest BCUT2D eigenvalue weighted by Gasteiger charge is 2.16. The van der Waals surface area contributed by atoms with Crippen molar-refractivity contribution in [2.24, 2.45) is 0 Å². The molecule has 0 bridgehead atoms. The van der Waals surface area contributed by atoms with Crippen LogP contribution in [-0.4, -0.2) is 9.97 Å². The zero-order valence-corrected chi connectivity index (χ0v) is 9.69. The molecule has 1 aliphatic carbocycles. The lowest BCUT2D eigenvalue weighted by Crippen LogP contribution is -2.11. The molecule has 0 radical (unpaired) electrons. The Morgan fingerprint density at radius 2 is 1.71 bits per heavy atom. The van der Waals surface area contributed by atoms with E-state index < -0.39 is 0 Å². The summed E-state index contributed by atoms with van der Waals surface area (Å²) in [6.45, 7) is 0. The molecule has 3 nitrogen and oxygen atoms in total. The molecule has 0 spiro atoms. The molecule has 0 saturated carbocycles. The van der Waals surface area contributed by atoms with Crippen LogP contribution in [0, 0.1) is 0 Å². The largest absolute Gasteiger partial charge is 0.383 e. The molecule has 1 aromatic heterocycles. The zero-order valence-electron chi connectivity index (χ0n) is 9.69. The fourth-order valence-corrected chi connectivity index (χ4v) is 2.34. The highest BCUT2D eigenvalue weighted by Crippen LogP contribution is 2.26. The number of nitrogen functional groups attached to an aromatic ring is 1. The monoisotopic (exact) mass is 225 g/mol. The average Bonchev–Trinajstić information content (AvgIpc) is 2.40. The first-order valence-corrected chi connectivity index (χ1v) is 6.05. The smallest absolute Gasteiger partial charge is 0.161 e. The van der Waals surface area contributed by atoms with E-state index in [1.54, 1.807) is 0 Å². The van der Waals surface area contributed by atoms with Gasteiger partial charge < -0.3 is 5.73 Å². The molecule has 3 heteroatoms. The fourth-order valence-electron chi connectivity index (χ4n) is 2.34. The number of benzene rings is 1. The van der Waals surface area contributed by atoms with Gasteiger partial charge in [0.05, 0.1) is 0 Å². The molecule has 1 aromatic carbocycles. The molecule has 0 amide bonds. The highest BCUT2D eigenvalue weighted by molar-refractivity contribution is 5.59. The lowest BCUT2D eigenvalue weighted by molar-refractivity contribution is 0.666. The Morgan fingerprint density at radius 3 is 2.53 bits per heavy atom. The molecule has 3 rings (SSSR count). The van der Waals surface area contributed by atoms with Crippen molar-refractivity contribution in [1.29, 1.82) is 0 Å². The number of aromatic nitrogens is 2. The summed E-state index contributed by atoms with van der Waals surface area (Å²) in [5.41, 5.74) is 9.37. The van der Waals surface area contributed by atoms with Crippen molar-refractivity contribution in [3.8, 4) is 11.4 Å². The topological polar surface area (TPSA) is 51.8 Å². The van der Waals surface area contributed by atoms with Gasteiger partial charge in [0, 0.05) is 16.8 Å². The van der Waals surface area contributed by atoms with Crippen molar-refractivity contribution in [3.05, 3.63) is 41.6 Å². The Labute approximate surface area is 101 Å². The number of nitrogens with two attached hydrogens (primary N) is 1. The van der Waals surface area contributed by atoms with Gasteiger partial charge in [0.1, 0.15) is 5.82 Å². The van der Waals surface area contributed by atoms with Crippen LogP contribution in [0.5, 0.6) is 0 Å². The van der Waals surface area contributed by atoms with E-state index >= 15 is 0 Å². The Balaban J connectivity index is 2.11. The van der Waals surface area contributed by atoms with Gasteiger partial charge in [-0.3, -0.25) is 0 Å². The average molecular weight is 225 g/mol. The lowest BCUT2D eigenvalue weighted by atomic mass is 9.96. The number of fused-ring (bicyclic) bond motifs is 1. The molecule has 0 atom stereocenters. The van der Waals surface area contributed by atoms with Crippen LogP contribution in [0.1, 0.15) is 24.1 Å². The molecule has 86 valence electrons. The molecule has 0 unspecified atom stereocenters. The van der Waals surface area contributed by atoms with E-state index in [4.69, 9.17) is 5.73 Å². The van der Waals surface area contributed by atoms with Gasteiger partial charge in [0.2, 0.25) is 0 Å². The maximum atomic E-state index is 6.03. The Bertz CT molecular complexity index is 535. The van der Waals surface area contributed by atoms with Crippen LogP contribution in [0.4, 0.5) is 5.82 Å². The molecule has 2 aromatic rings. The molecular weight excluding hydrogens is 210 g/mol. The molecule has 17 heavy (non-hydrogen) atoms. The molecule has 1 aliphatic rings. The lowest BCUT2D eigenvalue weighted by Gasteiger charge is -2.17. The first-order chi connectivity index (χ1) is 8.34. The number of anilines is 1. The summed E-state index contributed by atoms with van der Waals surface area (Å²) < 4.78 is 0. The van der Waals surface area contributed by atoms with Gasteiger partial charge in [-0.2, -0.15) is 0 Å². The normalized spacial score (nSPS) is 14.4. The fraction of sp³-hybridized carbons (Fsp3) is 0.286. The molecule has 2 N–H and O–H groups in total. The van der Waals surface area contributed by atoms with E-state index in [1.807, 2.05) is 30.3 Å². The minimum absolute atomic E-state index is 0.661. The van der Waals surface area contributed by atoms with Gasteiger partial charge in [-0.1, -0.05) is 30.3 Å². The number of rotatable bonds is 1. The molecule has 0 saturated heterocycles. The number of hydrogen-bond donors (Lipinski definition) is 1. The van der Waals surface area contributed by atoms with Crippen molar-refractivity contribution >= 4 is 5.82 Å². The Morgan fingerprint density at radius 1 is 0.941 bits per heavy atom. The molecule has 0 fully saturated rings. The summed E-state index contributed by atoms with van der Waals surface area (Å²) >= 11 is 0. The molecule has 0 aliphatic heterocycles. The van der Waals surface area contributed by atoms with Crippen LogP contribution >= 0.6 is 0 Å². The van der Waals surface area contributed by atoms with Crippen molar-refractivity contribution in [3.63, 3.8) is 0 Å². The summed E-state index contributed by atoms with van der Waals surface area (Å²) in [6.07, 6.45) is 4.46. The van der Waals surface area contributed by atoms with Gasteiger partial charge in [0.15, 0.2) is 5.82 Å². The van der Waals surface area contributed by atoms with Crippen molar-refractivity contribution < 1.29 is 0 Å².